The Kier molecular flexibility index (Phi) is 3.78. The van der Waals surface area contributed by atoms with Crippen LogP contribution < -0.4 is 4.74 Å². The number of fused-ring (bicyclic) bond motifs is 1. The molecule has 1 heterocycles. The van der Waals surface area contributed by atoms with Crippen LogP contribution in [0.1, 0.15) is 18.6 Å². The minimum atomic E-state index is -0.554. The zero-order chi connectivity index (χ0) is 14.8. The van der Waals surface area contributed by atoms with Crippen molar-refractivity contribution in [3.63, 3.8) is 0 Å². The van der Waals surface area contributed by atoms with Crippen LogP contribution in [0.3, 0.4) is 0 Å². The lowest BCUT2D eigenvalue weighted by Gasteiger charge is -2.11. The van der Waals surface area contributed by atoms with Gasteiger partial charge in [0.1, 0.15) is 11.5 Å². The van der Waals surface area contributed by atoms with Gasteiger partial charge in [0.15, 0.2) is 0 Å². The van der Waals surface area contributed by atoms with Crippen molar-refractivity contribution >= 4 is 22.5 Å². The lowest BCUT2D eigenvalue weighted by molar-refractivity contribution is 0.199. The smallest absolute Gasteiger partial charge is 0.146 e. The second-order valence-electron chi connectivity index (χ2n) is 4.83. The molecule has 3 rings (SSSR count). The van der Waals surface area contributed by atoms with Crippen LogP contribution in [0.5, 0.6) is 11.5 Å². The van der Waals surface area contributed by atoms with Crippen molar-refractivity contribution in [3.05, 3.63) is 65.3 Å². The van der Waals surface area contributed by atoms with Crippen LogP contribution in [-0.2, 0) is 0 Å². The van der Waals surface area contributed by atoms with Gasteiger partial charge in [-0.1, -0.05) is 23.7 Å². The molecule has 0 unspecified atom stereocenters. The van der Waals surface area contributed by atoms with E-state index in [2.05, 4.69) is 4.98 Å². The highest BCUT2D eigenvalue weighted by molar-refractivity contribution is 6.32. The molecule has 3 nitrogen and oxygen atoms in total. The third-order valence-electron chi connectivity index (χ3n) is 3.24. The first-order chi connectivity index (χ1) is 10.1. The molecule has 4 heteroatoms. The summed E-state index contributed by atoms with van der Waals surface area (Å²) in [4.78, 5) is 4.30. The first kappa shape index (κ1) is 13.9. The molecule has 0 bridgehead atoms. The quantitative estimate of drug-likeness (QED) is 0.760. The lowest BCUT2D eigenvalue weighted by atomic mass is 10.1. The van der Waals surface area contributed by atoms with E-state index in [0.717, 1.165) is 16.5 Å². The summed E-state index contributed by atoms with van der Waals surface area (Å²) in [5.74, 6) is 1.23. The van der Waals surface area contributed by atoms with Gasteiger partial charge in [-0.05, 0) is 42.8 Å². The number of aromatic nitrogens is 1. The maximum Gasteiger partial charge on any atom is 0.146 e. The molecular weight excluding hydrogens is 286 g/mol. The maximum absolute atomic E-state index is 9.54. The van der Waals surface area contributed by atoms with Gasteiger partial charge in [-0.15, -0.1) is 0 Å². The fourth-order valence-electron chi connectivity index (χ4n) is 2.10. The van der Waals surface area contributed by atoms with E-state index in [9.17, 15) is 5.11 Å². The van der Waals surface area contributed by atoms with Crippen molar-refractivity contribution in [2.75, 3.05) is 0 Å². The molecule has 1 atom stereocenters. The Balaban J connectivity index is 1.91. The average molecular weight is 300 g/mol. The molecule has 0 saturated heterocycles. The number of benzene rings is 2. The second-order valence-corrected chi connectivity index (χ2v) is 5.23. The minimum Gasteiger partial charge on any atom is -0.456 e. The summed E-state index contributed by atoms with van der Waals surface area (Å²) < 4.78 is 5.80. The van der Waals surface area contributed by atoms with E-state index in [1.165, 1.54) is 0 Å². The highest BCUT2D eigenvalue weighted by Gasteiger charge is 2.08. The zero-order valence-electron chi connectivity index (χ0n) is 11.5. The van der Waals surface area contributed by atoms with Gasteiger partial charge in [0.2, 0.25) is 0 Å². The van der Waals surface area contributed by atoms with Gasteiger partial charge in [-0.25, -0.2) is 0 Å². The first-order valence-corrected chi connectivity index (χ1v) is 7.01. The van der Waals surface area contributed by atoms with E-state index < -0.39 is 6.10 Å². The van der Waals surface area contributed by atoms with E-state index in [4.69, 9.17) is 16.3 Å². The maximum atomic E-state index is 9.54. The number of nitrogens with zero attached hydrogens (tertiary/aromatic N) is 1. The number of aliphatic hydroxyl groups excluding tert-OH is 1. The van der Waals surface area contributed by atoms with Crippen LogP contribution in [0.15, 0.2) is 54.7 Å². The second kappa shape index (κ2) is 5.72. The summed E-state index contributed by atoms with van der Waals surface area (Å²) in [5.41, 5.74) is 1.62. The van der Waals surface area contributed by atoms with Crippen LogP contribution in [0.2, 0.25) is 5.02 Å². The number of aliphatic hydroxyl groups is 1. The van der Waals surface area contributed by atoms with E-state index in [1.807, 2.05) is 30.3 Å². The Morgan fingerprint density at radius 1 is 1.14 bits per heavy atom. The molecule has 0 aliphatic rings. The van der Waals surface area contributed by atoms with Crippen molar-refractivity contribution in [1.29, 1.82) is 0 Å². The molecule has 1 aromatic heterocycles. The monoisotopic (exact) mass is 299 g/mol. The summed E-state index contributed by atoms with van der Waals surface area (Å²) in [5, 5.41) is 11.1. The van der Waals surface area contributed by atoms with Gasteiger partial charge in [-0.2, -0.15) is 0 Å². The molecule has 21 heavy (non-hydrogen) atoms. The summed E-state index contributed by atoms with van der Waals surface area (Å²) in [6, 6.07) is 14.9. The summed E-state index contributed by atoms with van der Waals surface area (Å²) >= 11 is 6.19. The van der Waals surface area contributed by atoms with Gasteiger partial charge < -0.3 is 9.84 Å². The summed E-state index contributed by atoms with van der Waals surface area (Å²) in [7, 11) is 0. The van der Waals surface area contributed by atoms with Crippen molar-refractivity contribution in [3.8, 4) is 11.5 Å². The Bertz CT molecular complexity index is 787. The number of rotatable bonds is 3. The topological polar surface area (TPSA) is 42.4 Å². The Morgan fingerprint density at radius 2 is 2.00 bits per heavy atom. The summed E-state index contributed by atoms with van der Waals surface area (Å²) in [6.07, 6.45) is 1.19. The number of ether oxygens (including phenoxy) is 1. The molecule has 0 saturated carbocycles. The fraction of sp³-hybridized carbons (Fsp3) is 0.118. The number of hydrogen-bond donors (Lipinski definition) is 1. The van der Waals surface area contributed by atoms with Crippen LogP contribution >= 0.6 is 11.6 Å². The van der Waals surface area contributed by atoms with E-state index in [-0.39, 0.29) is 0 Å². The van der Waals surface area contributed by atoms with E-state index in [0.29, 0.717) is 16.5 Å². The van der Waals surface area contributed by atoms with Crippen LogP contribution in [-0.4, -0.2) is 10.1 Å². The highest BCUT2D eigenvalue weighted by Crippen LogP contribution is 2.32. The molecule has 2 aromatic carbocycles. The number of pyridine rings is 1. The zero-order valence-corrected chi connectivity index (χ0v) is 12.2. The Hall–Kier alpha value is -2.10. The molecule has 0 aliphatic carbocycles. The van der Waals surface area contributed by atoms with Crippen molar-refractivity contribution < 1.29 is 9.84 Å². The molecule has 0 radical (unpaired) electrons. The van der Waals surface area contributed by atoms with Gasteiger partial charge >= 0.3 is 0 Å². The Labute approximate surface area is 127 Å². The van der Waals surface area contributed by atoms with Crippen molar-refractivity contribution in [2.45, 2.75) is 13.0 Å². The van der Waals surface area contributed by atoms with Crippen molar-refractivity contribution in [1.82, 2.24) is 4.98 Å². The fourth-order valence-corrected chi connectivity index (χ4v) is 2.32. The SMILES string of the molecule is C[C@@H](O)c1ccc(Oc2ccc3cccnc3c2)c(Cl)c1. The Morgan fingerprint density at radius 3 is 2.76 bits per heavy atom. The third-order valence-corrected chi connectivity index (χ3v) is 3.54. The number of halogens is 1. The molecular formula is C17H14ClNO2. The van der Waals surface area contributed by atoms with Crippen molar-refractivity contribution in [2.24, 2.45) is 0 Å². The van der Waals surface area contributed by atoms with E-state index in [1.54, 1.807) is 31.3 Å². The van der Waals surface area contributed by atoms with Crippen LogP contribution in [0, 0.1) is 0 Å². The molecule has 0 spiro atoms. The van der Waals surface area contributed by atoms with Crippen LogP contribution in [0.4, 0.5) is 0 Å². The van der Waals surface area contributed by atoms with Gasteiger partial charge in [0.05, 0.1) is 16.6 Å². The van der Waals surface area contributed by atoms with Gasteiger partial charge in [0.25, 0.3) is 0 Å². The predicted molar refractivity (Wildman–Crippen MR) is 83.9 cm³/mol. The molecule has 0 amide bonds. The molecule has 3 aromatic rings. The largest absolute Gasteiger partial charge is 0.456 e. The third kappa shape index (κ3) is 2.99. The standard InChI is InChI=1S/C17H14ClNO2/c1-11(20)13-5-7-17(15(18)9-13)21-14-6-4-12-3-2-8-19-16(12)10-14/h2-11,20H,1H3/t11-/m1/s1. The average Bonchev–Trinajstić information content (AvgIpc) is 2.49. The van der Waals surface area contributed by atoms with E-state index >= 15 is 0 Å². The predicted octanol–water partition coefficient (Wildman–Crippen LogP) is 4.73. The minimum absolute atomic E-state index is 0.467. The molecule has 0 aliphatic heterocycles. The number of hydrogen-bond acceptors (Lipinski definition) is 3. The normalized spacial score (nSPS) is 12.3. The highest BCUT2D eigenvalue weighted by atomic mass is 35.5. The van der Waals surface area contributed by atoms with Gasteiger partial charge in [0, 0.05) is 17.6 Å². The first-order valence-electron chi connectivity index (χ1n) is 6.63. The molecule has 1 N–H and O–H groups in total. The summed E-state index contributed by atoms with van der Waals surface area (Å²) in [6.45, 7) is 1.70. The van der Waals surface area contributed by atoms with Gasteiger partial charge in [-0.3, -0.25) is 4.98 Å². The van der Waals surface area contributed by atoms with Crippen LogP contribution in [0.25, 0.3) is 10.9 Å². The molecule has 0 fully saturated rings. The lowest BCUT2D eigenvalue weighted by Crippen LogP contribution is -1.92. The molecule has 106 valence electrons.